The summed E-state index contributed by atoms with van der Waals surface area (Å²) >= 11 is 6.82. The predicted molar refractivity (Wildman–Crippen MR) is 80.3 cm³/mol. The van der Waals surface area contributed by atoms with Crippen LogP contribution in [-0.2, 0) is 0 Å². The first-order chi connectivity index (χ1) is 9.13. The van der Waals surface area contributed by atoms with Crippen molar-refractivity contribution >= 4 is 38.1 Å². The second-order valence-corrected chi connectivity index (χ2v) is 5.42. The highest BCUT2D eigenvalue weighted by Gasteiger charge is 2.09. The summed E-state index contributed by atoms with van der Waals surface area (Å²) in [5.41, 5.74) is 0.571. The number of ether oxygens (including phenoxy) is 2. The molecule has 3 nitrogen and oxygen atoms in total. The number of rotatable bonds is 4. The van der Waals surface area contributed by atoms with E-state index in [-0.39, 0.29) is 0 Å². The fourth-order valence-corrected chi connectivity index (χ4v) is 2.41. The standard InChI is InChI=1S/C14H10Br2O3/c1-18-13-6-12(16)14(7-11(13)15)19-10-4-2-3-9(5-10)8-17/h2-8H,1H3. The molecule has 98 valence electrons. The number of carbonyl (C=O) groups excluding carboxylic acids is 1. The highest BCUT2D eigenvalue weighted by molar-refractivity contribution is 9.11. The van der Waals surface area contributed by atoms with Gasteiger partial charge in [-0.3, -0.25) is 4.79 Å². The van der Waals surface area contributed by atoms with E-state index in [2.05, 4.69) is 31.9 Å². The van der Waals surface area contributed by atoms with Gasteiger partial charge in [0.25, 0.3) is 0 Å². The molecule has 2 aromatic carbocycles. The third-order valence-corrected chi connectivity index (χ3v) is 3.67. The molecule has 0 aliphatic heterocycles. The van der Waals surface area contributed by atoms with Crippen molar-refractivity contribution in [1.82, 2.24) is 0 Å². The van der Waals surface area contributed by atoms with E-state index in [0.717, 1.165) is 15.2 Å². The minimum Gasteiger partial charge on any atom is -0.496 e. The van der Waals surface area contributed by atoms with Crippen molar-refractivity contribution < 1.29 is 14.3 Å². The van der Waals surface area contributed by atoms with E-state index in [1.807, 2.05) is 6.07 Å². The molecule has 0 aliphatic rings. The molecule has 0 saturated heterocycles. The molecule has 0 bridgehead atoms. The minimum absolute atomic E-state index is 0.571. The van der Waals surface area contributed by atoms with E-state index in [1.54, 1.807) is 37.4 Å². The van der Waals surface area contributed by atoms with Gasteiger partial charge in [0.2, 0.25) is 0 Å². The summed E-state index contributed by atoms with van der Waals surface area (Å²) in [7, 11) is 1.60. The fraction of sp³-hybridized carbons (Fsp3) is 0.0714. The number of hydrogen-bond acceptors (Lipinski definition) is 3. The fourth-order valence-electron chi connectivity index (χ4n) is 1.52. The zero-order valence-corrected chi connectivity index (χ0v) is 13.2. The maximum absolute atomic E-state index is 10.7. The monoisotopic (exact) mass is 384 g/mol. The average molecular weight is 386 g/mol. The molecule has 0 fully saturated rings. The Morgan fingerprint density at radius 1 is 1.05 bits per heavy atom. The van der Waals surface area contributed by atoms with Crippen molar-refractivity contribution in [2.75, 3.05) is 7.11 Å². The van der Waals surface area contributed by atoms with Gasteiger partial charge in [0.1, 0.15) is 23.5 Å². The SMILES string of the molecule is COc1cc(Br)c(Oc2cccc(C=O)c2)cc1Br. The van der Waals surface area contributed by atoms with Crippen molar-refractivity contribution in [3.8, 4) is 17.2 Å². The van der Waals surface area contributed by atoms with Crippen molar-refractivity contribution in [3.63, 3.8) is 0 Å². The van der Waals surface area contributed by atoms with Gasteiger partial charge in [-0.25, -0.2) is 0 Å². The molecule has 0 radical (unpaired) electrons. The van der Waals surface area contributed by atoms with Crippen LogP contribution in [0.15, 0.2) is 45.3 Å². The van der Waals surface area contributed by atoms with Crippen LogP contribution in [0, 0.1) is 0 Å². The topological polar surface area (TPSA) is 35.5 Å². The Kier molecular flexibility index (Phi) is 4.61. The lowest BCUT2D eigenvalue weighted by Gasteiger charge is -2.11. The van der Waals surface area contributed by atoms with Gasteiger partial charge >= 0.3 is 0 Å². The van der Waals surface area contributed by atoms with Crippen molar-refractivity contribution in [2.24, 2.45) is 0 Å². The van der Waals surface area contributed by atoms with Crippen LogP contribution in [0.4, 0.5) is 0 Å². The molecule has 0 spiro atoms. The van der Waals surface area contributed by atoms with Crippen LogP contribution in [0.25, 0.3) is 0 Å². The Labute approximate surface area is 127 Å². The molecular formula is C14H10Br2O3. The normalized spacial score (nSPS) is 10.1. The second-order valence-electron chi connectivity index (χ2n) is 3.71. The zero-order valence-electron chi connectivity index (χ0n) is 10.0. The number of aldehydes is 1. The zero-order chi connectivity index (χ0) is 13.8. The Morgan fingerprint density at radius 3 is 2.42 bits per heavy atom. The Balaban J connectivity index is 2.32. The van der Waals surface area contributed by atoms with Crippen LogP contribution in [0.1, 0.15) is 10.4 Å². The summed E-state index contributed by atoms with van der Waals surface area (Å²) in [6.45, 7) is 0. The molecule has 19 heavy (non-hydrogen) atoms. The molecule has 0 amide bonds. The largest absolute Gasteiger partial charge is 0.496 e. The Bertz CT molecular complexity index is 612. The van der Waals surface area contributed by atoms with Crippen LogP contribution < -0.4 is 9.47 Å². The number of methoxy groups -OCH3 is 1. The molecule has 2 rings (SSSR count). The van der Waals surface area contributed by atoms with Crippen molar-refractivity contribution in [2.45, 2.75) is 0 Å². The smallest absolute Gasteiger partial charge is 0.150 e. The molecule has 0 aromatic heterocycles. The third kappa shape index (κ3) is 3.36. The van der Waals surface area contributed by atoms with Gasteiger partial charge in [0.15, 0.2) is 0 Å². The van der Waals surface area contributed by atoms with Crippen molar-refractivity contribution in [1.29, 1.82) is 0 Å². The summed E-state index contributed by atoms with van der Waals surface area (Å²) < 4.78 is 12.5. The molecule has 5 heteroatoms. The quantitative estimate of drug-likeness (QED) is 0.707. The maximum atomic E-state index is 10.7. The molecule has 0 heterocycles. The van der Waals surface area contributed by atoms with Gasteiger partial charge in [-0.05, 0) is 56.1 Å². The second kappa shape index (κ2) is 6.21. The van der Waals surface area contributed by atoms with Gasteiger partial charge in [-0.1, -0.05) is 12.1 Å². The lowest BCUT2D eigenvalue weighted by molar-refractivity contribution is 0.112. The first kappa shape index (κ1) is 14.1. The first-order valence-corrected chi connectivity index (χ1v) is 6.99. The summed E-state index contributed by atoms with van der Waals surface area (Å²) in [4.78, 5) is 10.7. The number of carbonyl (C=O) groups is 1. The number of hydrogen-bond donors (Lipinski definition) is 0. The van der Waals surface area contributed by atoms with E-state index in [0.29, 0.717) is 22.8 Å². The van der Waals surface area contributed by atoms with Crippen molar-refractivity contribution in [3.05, 3.63) is 50.9 Å². The number of halogens is 2. The molecule has 0 saturated carbocycles. The molecule has 0 N–H and O–H groups in total. The molecule has 0 atom stereocenters. The third-order valence-electron chi connectivity index (χ3n) is 2.43. The van der Waals surface area contributed by atoms with Crippen LogP contribution >= 0.6 is 31.9 Å². The van der Waals surface area contributed by atoms with Crippen LogP contribution in [0.2, 0.25) is 0 Å². The van der Waals surface area contributed by atoms with Gasteiger partial charge in [-0.2, -0.15) is 0 Å². The van der Waals surface area contributed by atoms with Crippen LogP contribution in [0.3, 0.4) is 0 Å². The average Bonchev–Trinajstić information content (AvgIpc) is 2.42. The molecular weight excluding hydrogens is 376 g/mol. The summed E-state index contributed by atoms with van der Waals surface area (Å²) in [6, 6.07) is 10.6. The minimum atomic E-state index is 0.571. The molecule has 0 unspecified atom stereocenters. The highest BCUT2D eigenvalue weighted by Crippen LogP contribution is 2.38. The predicted octanol–water partition coefficient (Wildman–Crippen LogP) is 4.83. The van der Waals surface area contributed by atoms with E-state index in [9.17, 15) is 4.79 Å². The first-order valence-electron chi connectivity index (χ1n) is 5.40. The van der Waals surface area contributed by atoms with Gasteiger partial charge in [-0.15, -0.1) is 0 Å². The van der Waals surface area contributed by atoms with E-state index in [4.69, 9.17) is 9.47 Å². The van der Waals surface area contributed by atoms with E-state index in [1.165, 1.54) is 0 Å². The van der Waals surface area contributed by atoms with Crippen LogP contribution in [-0.4, -0.2) is 13.4 Å². The summed E-state index contributed by atoms with van der Waals surface area (Å²) in [5.74, 6) is 1.94. The lowest BCUT2D eigenvalue weighted by atomic mass is 10.2. The summed E-state index contributed by atoms with van der Waals surface area (Å²) in [5, 5.41) is 0. The lowest BCUT2D eigenvalue weighted by Crippen LogP contribution is -1.90. The van der Waals surface area contributed by atoms with Gasteiger partial charge in [0.05, 0.1) is 16.1 Å². The van der Waals surface area contributed by atoms with Gasteiger partial charge < -0.3 is 9.47 Å². The summed E-state index contributed by atoms with van der Waals surface area (Å²) in [6.07, 6.45) is 0.784. The van der Waals surface area contributed by atoms with E-state index < -0.39 is 0 Å². The number of benzene rings is 2. The Morgan fingerprint density at radius 2 is 1.74 bits per heavy atom. The van der Waals surface area contributed by atoms with Gasteiger partial charge in [0, 0.05) is 5.56 Å². The Hall–Kier alpha value is -1.33. The molecule has 2 aromatic rings. The molecule has 0 aliphatic carbocycles. The maximum Gasteiger partial charge on any atom is 0.150 e. The van der Waals surface area contributed by atoms with Crippen LogP contribution in [0.5, 0.6) is 17.2 Å². The highest BCUT2D eigenvalue weighted by atomic mass is 79.9. The van der Waals surface area contributed by atoms with E-state index >= 15 is 0 Å².